The van der Waals surface area contributed by atoms with E-state index in [0.717, 1.165) is 0 Å². The molecular weight excluding hydrogens is 188 g/mol. The summed E-state index contributed by atoms with van der Waals surface area (Å²) < 4.78 is 0. The van der Waals surface area contributed by atoms with E-state index in [1.54, 1.807) is 0 Å². The van der Waals surface area contributed by atoms with E-state index in [-0.39, 0.29) is 12.4 Å². The first-order chi connectivity index (χ1) is 6.45. The summed E-state index contributed by atoms with van der Waals surface area (Å²) in [4.78, 5) is 14.0. The molecule has 0 unspecified atom stereocenters. The second-order valence-electron chi connectivity index (χ2n) is 2.88. The second kappa shape index (κ2) is 6.17. The fraction of sp³-hybridized carbons (Fsp3) is 0.714. The Morgan fingerprint density at radius 3 is 2.43 bits per heavy atom. The molecule has 14 heavy (non-hydrogen) atoms. The number of hydrogen-bond acceptors (Lipinski definition) is 4. The highest BCUT2D eigenvalue weighted by molar-refractivity contribution is 5.75. The van der Waals surface area contributed by atoms with Gasteiger partial charge in [-0.05, 0) is 12.8 Å². The average Bonchev–Trinajstić information content (AvgIpc) is 2.10. The standard InChI is InChI=1S/C7H16N4O3/c8-5(6(13)14)4(12)2-1-3-11-7(9)10/h4-5,12H,1-3,8H2,(H,13,14)(H4,9,10,11)/t4-,5-/m0/s1. The lowest BCUT2D eigenvalue weighted by Gasteiger charge is -2.13. The van der Waals surface area contributed by atoms with E-state index in [9.17, 15) is 9.90 Å². The minimum absolute atomic E-state index is 0.0259. The Morgan fingerprint density at radius 2 is 2.00 bits per heavy atom. The third kappa shape index (κ3) is 5.33. The van der Waals surface area contributed by atoms with Gasteiger partial charge < -0.3 is 27.4 Å². The number of nitrogens with two attached hydrogens (primary N) is 3. The summed E-state index contributed by atoms with van der Waals surface area (Å²) in [6.45, 7) is 0.353. The van der Waals surface area contributed by atoms with E-state index in [1.165, 1.54) is 0 Å². The molecule has 7 heteroatoms. The Bertz CT molecular complexity index is 215. The molecule has 2 atom stereocenters. The van der Waals surface area contributed by atoms with Crippen LogP contribution in [-0.2, 0) is 4.79 Å². The number of aliphatic hydroxyl groups excluding tert-OH is 1. The molecule has 0 saturated carbocycles. The average molecular weight is 204 g/mol. The van der Waals surface area contributed by atoms with E-state index in [0.29, 0.717) is 13.0 Å². The zero-order valence-corrected chi connectivity index (χ0v) is 7.76. The molecule has 0 bridgehead atoms. The molecule has 0 rings (SSSR count). The van der Waals surface area contributed by atoms with Crippen LogP contribution in [0, 0.1) is 0 Å². The fourth-order valence-electron chi connectivity index (χ4n) is 0.853. The summed E-state index contributed by atoms with van der Waals surface area (Å²) in [7, 11) is 0. The number of aliphatic hydroxyl groups is 1. The van der Waals surface area contributed by atoms with Gasteiger partial charge >= 0.3 is 5.97 Å². The largest absolute Gasteiger partial charge is 0.480 e. The van der Waals surface area contributed by atoms with Gasteiger partial charge in [0.1, 0.15) is 6.04 Å². The molecule has 7 nitrogen and oxygen atoms in total. The molecule has 0 amide bonds. The summed E-state index contributed by atoms with van der Waals surface area (Å²) in [5, 5.41) is 17.7. The maximum atomic E-state index is 10.3. The second-order valence-corrected chi connectivity index (χ2v) is 2.88. The number of aliphatic carboxylic acids is 1. The lowest BCUT2D eigenvalue weighted by Crippen LogP contribution is -2.41. The zero-order chi connectivity index (χ0) is 11.1. The number of carboxylic acid groups (broad SMARTS) is 1. The van der Waals surface area contributed by atoms with Crippen LogP contribution in [0.25, 0.3) is 0 Å². The molecular formula is C7H16N4O3. The SMILES string of the molecule is NC(N)=NCCC[C@H](O)[C@H](N)C(=O)O. The summed E-state index contributed by atoms with van der Waals surface area (Å²) in [5.41, 5.74) is 15.3. The van der Waals surface area contributed by atoms with Crippen molar-refractivity contribution in [3.63, 3.8) is 0 Å². The Labute approximate surface area is 81.6 Å². The molecule has 8 N–H and O–H groups in total. The van der Waals surface area contributed by atoms with Gasteiger partial charge in [0.25, 0.3) is 0 Å². The zero-order valence-electron chi connectivity index (χ0n) is 7.76. The van der Waals surface area contributed by atoms with Crippen molar-refractivity contribution in [1.82, 2.24) is 0 Å². The first-order valence-electron chi connectivity index (χ1n) is 4.17. The van der Waals surface area contributed by atoms with E-state index in [4.69, 9.17) is 22.3 Å². The molecule has 0 aromatic carbocycles. The fourth-order valence-corrected chi connectivity index (χ4v) is 0.853. The summed E-state index contributed by atoms with van der Waals surface area (Å²) in [6.07, 6.45) is -0.328. The molecule has 0 heterocycles. The Kier molecular flexibility index (Phi) is 5.58. The van der Waals surface area contributed by atoms with E-state index >= 15 is 0 Å². The Balaban J connectivity index is 3.69. The topological polar surface area (TPSA) is 148 Å². The predicted octanol–water partition coefficient (Wildman–Crippen LogP) is -2.19. The van der Waals surface area contributed by atoms with Crippen LogP contribution in [0.5, 0.6) is 0 Å². The van der Waals surface area contributed by atoms with Crippen LogP contribution in [0.15, 0.2) is 4.99 Å². The Morgan fingerprint density at radius 1 is 1.43 bits per heavy atom. The van der Waals surface area contributed by atoms with Gasteiger partial charge in [-0.2, -0.15) is 0 Å². The molecule has 82 valence electrons. The minimum atomic E-state index is -1.26. The summed E-state index contributed by atoms with van der Waals surface area (Å²) in [6, 6.07) is -1.26. The third-order valence-electron chi connectivity index (χ3n) is 1.65. The molecule has 0 fully saturated rings. The van der Waals surface area contributed by atoms with Gasteiger partial charge in [0, 0.05) is 6.54 Å². The van der Waals surface area contributed by atoms with Gasteiger partial charge in [-0.3, -0.25) is 9.79 Å². The smallest absolute Gasteiger partial charge is 0.323 e. The number of aliphatic imine (C=N–C) groups is 1. The van der Waals surface area contributed by atoms with Gasteiger partial charge in [0.05, 0.1) is 6.10 Å². The van der Waals surface area contributed by atoms with Crippen LogP contribution in [0.3, 0.4) is 0 Å². The Hall–Kier alpha value is -1.34. The number of nitrogens with zero attached hydrogens (tertiary/aromatic N) is 1. The van der Waals surface area contributed by atoms with Crippen molar-refractivity contribution in [2.45, 2.75) is 25.0 Å². The van der Waals surface area contributed by atoms with Crippen molar-refractivity contribution in [1.29, 1.82) is 0 Å². The van der Waals surface area contributed by atoms with Crippen LogP contribution in [-0.4, -0.2) is 40.8 Å². The molecule has 0 aliphatic rings. The molecule has 0 saturated heterocycles. The third-order valence-corrected chi connectivity index (χ3v) is 1.65. The van der Waals surface area contributed by atoms with Crippen molar-refractivity contribution in [2.24, 2.45) is 22.2 Å². The summed E-state index contributed by atoms with van der Waals surface area (Å²) >= 11 is 0. The van der Waals surface area contributed by atoms with Crippen LogP contribution in [0.2, 0.25) is 0 Å². The number of rotatable bonds is 6. The molecule has 0 spiro atoms. The number of carbonyl (C=O) groups is 1. The molecule has 0 radical (unpaired) electrons. The monoisotopic (exact) mass is 204 g/mol. The number of hydrogen-bond donors (Lipinski definition) is 5. The van der Waals surface area contributed by atoms with Crippen molar-refractivity contribution in [2.75, 3.05) is 6.54 Å². The lowest BCUT2D eigenvalue weighted by atomic mass is 10.1. The number of guanidine groups is 1. The van der Waals surface area contributed by atoms with Crippen molar-refractivity contribution < 1.29 is 15.0 Å². The van der Waals surface area contributed by atoms with Crippen LogP contribution in [0.1, 0.15) is 12.8 Å². The van der Waals surface area contributed by atoms with Crippen molar-refractivity contribution >= 4 is 11.9 Å². The van der Waals surface area contributed by atoms with Gasteiger partial charge in [0.15, 0.2) is 5.96 Å². The van der Waals surface area contributed by atoms with E-state index in [2.05, 4.69) is 4.99 Å². The van der Waals surface area contributed by atoms with Gasteiger partial charge in [-0.1, -0.05) is 0 Å². The lowest BCUT2D eigenvalue weighted by molar-refractivity contribution is -0.141. The highest BCUT2D eigenvalue weighted by atomic mass is 16.4. The first kappa shape index (κ1) is 12.7. The predicted molar refractivity (Wildman–Crippen MR) is 51.5 cm³/mol. The van der Waals surface area contributed by atoms with Gasteiger partial charge in [-0.15, -0.1) is 0 Å². The maximum absolute atomic E-state index is 10.3. The van der Waals surface area contributed by atoms with Crippen molar-refractivity contribution in [3.05, 3.63) is 0 Å². The van der Waals surface area contributed by atoms with Gasteiger partial charge in [0.2, 0.25) is 0 Å². The van der Waals surface area contributed by atoms with E-state index < -0.39 is 18.1 Å². The highest BCUT2D eigenvalue weighted by Gasteiger charge is 2.20. The first-order valence-corrected chi connectivity index (χ1v) is 4.17. The van der Waals surface area contributed by atoms with E-state index in [1.807, 2.05) is 0 Å². The normalized spacial score (nSPS) is 14.4. The molecule has 0 aromatic heterocycles. The van der Waals surface area contributed by atoms with Crippen LogP contribution < -0.4 is 17.2 Å². The van der Waals surface area contributed by atoms with Crippen molar-refractivity contribution in [3.8, 4) is 0 Å². The molecule has 0 aliphatic carbocycles. The minimum Gasteiger partial charge on any atom is -0.480 e. The van der Waals surface area contributed by atoms with Crippen LogP contribution >= 0.6 is 0 Å². The maximum Gasteiger partial charge on any atom is 0.323 e. The molecule has 0 aliphatic heterocycles. The summed E-state index contributed by atoms with van der Waals surface area (Å²) in [5.74, 6) is -1.25. The number of carboxylic acids is 1. The quantitative estimate of drug-likeness (QED) is 0.188. The molecule has 0 aromatic rings. The highest BCUT2D eigenvalue weighted by Crippen LogP contribution is 2.01. The van der Waals surface area contributed by atoms with Gasteiger partial charge in [-0.25, -0.2) is 0 Å². The van der Waals surface area contributed by atoms with Crippen LogP contribution in [0.4, 0.5) is 0 Å².